The molecule has 0 aliphatic carbocycles. The van der Waals surface area contributed by atoms with E-state index in [4.69, 9.17) is 1.37 Å². The molecule has 0 atom stereocenters. The third-order valence-corrected chi connectivity index (χ3v) is 3.85. The molecule has 0 spiro atoms. The fourth-order valence-electron chi connectivity index (χ4n) is 0.990. The smallest absolute Gasteiger partial charge is 0.0537 e. The third-order valence-electron chi connectivity index (χ3n) is 1.65. The Bertz CT molecular complexity index is 244. The number of thioether (sulfide) groups is 2. The summed E-state index contributed by atoms with van der Waals surface area (Å²) in [6.45, 7) is 0. The monoisotopic (exact) mass is 199 g/mol. The lowest BCUT2D eigenvalue weighted by Crippen LogP contribution is -1.99. The van der Waals surface area contributed by atoms with Gasteiger partial charge in [0.15, 0.2) is 0 Å². The van der Waals surface area contributed by atoms with E-state index in [1.165, 1.54) is 5.56 Å². The van der Waals surface area contributed by atoms with Crippen molar-refractivity contribution in [2.45, 2.75) is 11.0 Å². The van der Waals surface area contributed by atoms with Crippen molar-refractivity contribution in [2.24, 2.45) is 0 Å². The molecule has 1 aromatic rings. The highest BCUT2D eigenvalue weighted by atomic mass is 32.2. The predicted molar refractivity (Wildman–Crippen MR) is 61.0 cm³/mol. The normalized spacial score (nSPS) is 12.7. The summed E-state index contributed by atoms with van der Waals surface area (Å²) in [6, 6.07) is 10.2. The second-order valence-electron chi connectivity index (χ2n) is 2.44. The number of hydrogen-bond acceptors (Lipinski definition) is 2. The van der Waals surface area contributed by atoms with Crippen LogP contribution in [-0.2, 0) is 6.42 Å². The first kappa shape index (κ1) is 8.52. The second-order valence-corrected chi connectivity index (χ2v) is 4.50. The van der Waals surface area contributed by atoms with Crippen LogP contribution in [0.15, 0.2) is 30.3 Å². The van der Waals surface area contributed by atoms with Gasteiger partial charge in [0, 0.05) is 0 Å². The van der Waals surface area contributed by atoms with Crippen LogP contribution in [0.2, 0.25) is 0 Å². The Kier molecular flexibility index (Phi) is 3.94. The van der Waals surface area contributed by atoms with Crippen molar-refractivity contribution >= 4 is 23.5 Å². The van der Waals surface area contributed by atoms with E-state index >= 15 is 0 Å². The first-order valence-corrected chi connectivity index (χ1v) is 6.29. The molecule has 66 valence electrons. The second kappa shape index (κ2) is 5.55. The molecule has 0 saturated carbocycles. The Hall–Kier alpha value is -0.0800. The van der Waals surface area contributed by atoms with E-state index in [9.17, 15) is 0 Å². The first-order chi connectivity index (χ1) is 6.20. The maximum absolute atomic E-state index is 8.08. The fraction of sp³-hybridized carbons (Fsp3) is 0.400. The number of benzene rings is 1. The zero-order valence-corrected chi connectivity index (χ0v) is 9.04. The molecule has 0 N–H and O–H groups in total. The largest absolute Gasteiger partial charge is 0.151 e. The minimum Gasteiger partial charge on any atom is -0.151 e. The van der Waals surface area contributed by atoms with Gasteiger partial charge in [-0.05, 0) is 24.5 Å². The van der Waals surface area contributed by atoms with E-state index in [-0.39, 0.29) is 0 Å². The zero-order chi connectivity index (χ0) is 9.73. The molecular formula is C10H14S2. The molecule has 0 aliphatic rings. The fourth-order valence-corrected chi connectivity index (χ4v) is 2.28. The summed E-state index contributed by atoms with van der Waals surface area (Å²) in [5.41, 5.74) is 1.24. The molecule has 0 unspecified atom stereocenters. The topological polar surface area (TPSA) is 0 Å². The Balaban J connectivity index is 2.68. The van der Waals surface area contributed by atoms with Crippen LogP contribution in [0.5, 0.6) is 0 Å². The maximum atomic E-state index is 8.08. The summed E-state index contributed by atoms with van der Waals surface area (Å²) >= 11 is 3.19. The number of rotatable bonds is 4. The van der Waals surface area contributed by atoms with Gasteiger partial charge in [0.1, 0.15) is 0 Å². The summed E-state index contributed by atoms with van der Waals surface area (Å²) in [5, 5.41) is 0. The van der Waals surface area contributed by atoms with Gasteiger partial charge in [-0.1, -0.05) is 30.3 Å². The van der Waals surface area contributed by atoms with Crippen LogP contribution in [0.3, 0.4) is 0 Å². The summed E-state index contributed by atoms with van der Waals surface area (Å²) in [5.74, 6) is 0. The summed E-state index contributed by atoms with van der Waals surface area (Å²) in [7, 11) is 0. The average Bonchev–Trinajstić information content (AvgIpc) is 2.19. The van der Waals surface area contributed by atoms with Crippen LogP contribution in [0.1, 0.15) is 6.93 Å². The lowest BCUT2D eigenvalue weighted by molar-refractivity contribution is 1.11. The Labute approximate surface area is 84.5 Å². The van der Waals surface area contributed by atoms with Crippen molar-refractivity contribution in [1.82, 2.24) is 0 Å². The number of hydrogen-bond donors (Lipinski definition) is 0. The van der Waals surface area contributed by atoms with Gasteiger partial charge in [0.05, 0.1) is 5.93 Å². The van der Waals surface area contributed by atoms with Crippen LogP contribution in [0.4, 0.5) is 0 Å². The van der Waals surface area contributed by atoms with Crippen molar-refractivity contribution in [3.05, 3.63) is 35.9 Å². The van der Waals surface area contributed by atoms with Gasteiger partial charge in [0.25, 0.3) is 0 Å². The lowest BCUT2D eigenvalue weighted by Gasteiger charge is -2.10. The first-order valence-electron chi connectivity index (χ1n) is 4.34. The van der Waals surface area contributed by atoms with Gasteiger partial charge < -0.3 is 0 Å². The molecule has 1 aromatic carbocycles. The molecule has 0 aliphatic heterocycles. The quantitative estimate of drug-likeness (QED) is 0.683. The summed E-state index contributed by atoms with van der Waals surface area (Å²) < 4.78 is 7.65. The molecule has 0 heterocycles. The molecule has 2 heteroatoms. The van der Waals surface area contributed by atoms with E-state index in [0.717, 1.165) is 6.42 Å². The zero-order valence-electron chi connectivity index (χ0n) is 8.41. The molecule has 0 amide bonds. The van der Waals surface area contributed by atoms with Crippen LogP contribution in [-0.4, -0.2) is 17.1 Å². The molecule has 1 rings (SSSR count). The standard InChI is InChI=1S/C10H14S2/c1-11-10(12-2)8-9-6-4-3-5-7-9/h3-7,10H,8H2,1-2H3/i10D. The van der Waals surface area contributed by atoms with Gasteiger partial charge >= 0.3 is 0 Å². The molecule has 0 aromatic heterocycles. The third kappa shape index (κ3) is 3.11. The van der Waals surface area contributed by atoms with Gasteiger partial charge in [-0.3, -0.25) is 0 Å². The van der Waals surface area contributed by atoms with Gasteiger partial charge in [-0.15, -0.1) is 0 Å². The molecule has 0 radical (unpaired) electrons. The van der Waals surface area contributed by atoms with Crippen LogP contribution in [0.25, 0.3) is 0 Å². The highest BCUT2D eigenvalue weighted by Crippen LogP contribution is 2.22. The van der Waals surface area contributed by atoms with E-state index in [1.807, 2.05) is 30.7 Å². The lowest BCUT2D eigenvalue weighted by atomic mass is 10.2. The van der Waals surface area contributed by atoms with E-state index < -0.39 is 4.56 Å². The Morgan fingerprint density at radius 2 is 1.83 bits per heavy atom. The minimum absolute atomic E-state index is 0.429. The molecule has 0 saturated heterocycles. The van der Waals surface area contributed by atoms with Crippen LogP contribution < -0.4 is 0 Å². The van der Waals surface area contributed by atoms with Crippen molar-refractivity contribution in [3.8, 4) is 0 Å². The highest BCUT2D eigenvalue weighted by Gasteiger charge is 2.04. The molecule has 0 bridgehead atoms. The molecular weight excluding hydrogens is 184 g/mol. The maximum Gasteiger partial charge on any atom is 0.0537 e. The van der Waals surface area contributed by atoms with Crippen molar-refractivity contribution in [2.75, 3.05) is 12.5 Å². The predicted octanol–water partition coefficient (Wildman–Crippen LogP) is 3.28. The van der Waals surface area contributed by atoms with E-state index in [0.29, 0.717) is 0 Å². The average molecular weight is 199 g/mol. The van der Waals surface area contributed by atoms with Crippen LogP contribution >= 0.6 is 23.5 Å². The van der Waals surface area contributed by atoms with Gasteiger partial charge in [0.2, 0.25) is 0 Å². The van der Waals surface area contributed by atoms with E-state index in [2.05, 4.69) is 12.1 Å². The van der Waals surface area contributed by atoms with Crippen molar-refractivity contribution < 1.29 is 1.37 Å². The van der Waals surface area contributed by atoms with Crippen molar-refractivity contribution in [3.63, 3.8) is 0 Å². The molecule has 12 heavy (non-hydrogen) atoms. The minimum atomic E-state index is -0.429. The SMILES string of the molecule is [2H]C(Cc1ccccc1)(SC)SC. The van der Waals surface area contributed by atoms with Crippen molar-refractivity contribution in [1.29, 1.82) is 0 Å². The van der Waals surface area contributed by atoms with E-state index in [1.54, 1.807) is 23.5 Å². The summed E-state index contributed by atoms with van der Waals surface area (Å²) in [6.07, 6.45) is 4.79. The molecule has 0 fully saturated rings. The van der Waals surface area contributed by atoms with Gasteiger partial charge in [-0.25, -0.2) is 0 Å². The summed E-state index contributed by atoms with van der Waals surface area (Å²) in [4.78, 5) is 0. The Morgan fingerprint density at radius 3 is 2.33 bits per heavy atom. The highest BCUT2D eigenvalue weighted by molar-refractivity contribution is 8.16. The van der Waals surface area contributed by atoms with Gasteiger partial charge in [-0.2, -0.15) is 23.5 Å². The molecule has 0 nitrogen and oxygen atoms in total. The van der Waals surface area contributed by atoms with Crippen LogP contribution in [0, 0.1) is 0 Å². The Morgan fingerprint density at radius 1 is 1.25 bits per heavy atom.